The van der Waals surface area contributed by atoms with Crippen LogP contribution in [-0.2, 0) is 11.2 Å². The van der Waals surface area contributed by atoms with E-state index in [1.54, 1.807) is 12.4 Å². The molecule has 0 saturated carbocycles. The highest BCUT2D eigenvalue weighted by Gasteiger charge is 2.19. The van der Waals surface area contributed by atoms with Gasteiger partial charge in [-0.05, 0) is 61.2 Å². The lowest BCUT2D eigenvalue weighted by molar-refractivity contribution is -0.136. The second-order valence-corrected chi connectivity index (χ2v) is 7.92. The number of H-pyrrole nitrogens is 1. The van der Waals surface area contributed by atoms with Crippen molar-refractivity contribution in [1.82, 2.24) is 15.0 Å². The second kappa shape index (κ2) is 8.74. The van der Waals surface area contributed by atoms with Crippen molar-refractivity contribution >= 4 is 17.6 Å². The van der Waals surface area contributed by atoms with Gasteiger partial charge in [-0.15, -0.1) is 0 Å². The molecule has 4 aromatic rings. The lowest BCUT2D eigenvalue weighted by Gasteiger charge is -2.12. The average Bonchev–Trinajstić information content (AvgIpc) is 3.19. The fourth-order valence-electron chi connectivity index (χ4n) is 3.80. The van der Waals surface area contributed by atoms with Gasteiger partial charge in [-0.1, -0.05) is 35.9 Å². The first-order valence-electron chi connectivity index (χ1n) is 10.0. The summed E-state index contributed by atoms with van der Waals surface area (Å²) in [6.07, 6.45) is 4.09. The van der Waals surface area contributed by atoms with Gasteiger partial charge in [-0.2, -0.15) is 0 Å². The van der Waals surface area contributed by atoms with Crippen LogP contribution in [0.1, 0.15) is 23.1 Å². The molecule has 0 fully saturated rings. The Balaban J connectivity index is 1.88. The molecule has 2 aromatic carbocycles. The minimum absolute atomic E-state index is 0.0970. The number of carbonyl (C=O) groups is 1. The van der Waals surface area contributed by atoms with Gasteiger partial charge in [0, 0.05) is 40.5 Å². The van der Waals surface area contributed by atoms with E-state index in [2.05, 4.69) is 9.97 Å². The van der Waals surface area contributed by atoms with E-state index >= 15 is 0 Å². The highest BCUT2D eigenvalue weighted by atomic mass is 35.5. The molecule has 0 radical (unpaired) electrons. The Morgan fingerprint density at radius 1 is 1.00 bits per heavy atom. The van der Waals surface area contributed by atoms with E-state index in [0.29, 0.717) is 11.4 Å². The monoisotopic (exact) mass is 431 g/mol. The molecule has 31 heavy (non-hydrogen) atoms. The number of nitrogens with zero attached hydrogens (tertiary/aromatic N) is 2. The summed E-state index contributed by atoms with van der Waals surface area (Å²) in [5.74, 6) is -0.0477. The number of carboxylic acids is 1. The zero-order chi connectivity index (χ0) is 22.0. The number of aryl methyl sites for hydroxylation is 2. The zero-order valence-electron chi connectivity index (χ0n) is 17.3. The number of benzene rings is 2. The van der Waals surface area contributed by atoms with Crippen LogP contribution in [0.2, 0.25) is 5.02 Å². The summed E-state index contributed by atoms with van der Waals surface area (Å²) in [7, 11) is 0. The van der Waals surface area contributed by atoms with Gasteiger partial charge in [0.15, 0.2) is 0 Å². The third kappa shape index (κ3) is 4.37. The molecule has 0 spiro atoms. The third-order valence-corrected chi connectivity index (χ3v) is 5.67. The van der Waals surface area contributed by atoms with E-state index in [1.807, 2.05) is 62.4 Å². The number of carboxylic acid groups (broad SMARTS) is 1. The Kier molecular flexibility index (Phi) is 5.87. The maximum absolute atomic E-state index is 11.1. The number of halogens is 1. The molecule has 6 heteroatoms. The minimum Gasteiger partial charge on any atom is -0.481 e. The number of aromatic amines is 1. The third-order valence-electron chi connectivity index (χ3n) is 5.42. The highest BCUT2D eigenvalue weighted by Crippen LogP contribution is 2.36. The summed E-state index contributed by atoms with van der Waals surface area (Å²) in [5, 5.41) is 9.75. The van der Waals surface area contributed by atoms with Crippen LogP contribution < -0.4 is 0 Å². The first-order valence-corrected chi connectivity index (χ1v) is 10.4. The molecule has 0 aliphatic heterocycles. The predicted octanol–water partition coefficient (Wildman–Crippen LogP) is 6.09. The molecule has 0 atom stereocenters. The maximum atomic E-state index is 11.1. The predicted molar refractivity (Wildman–Crippen MR) is 123 cm³/mol. The largest absolute Gasteiger partial charge is 0.481 e. The van der Waals surface area contributed by atoms with Crippen molar-refractivity contribution in [2.45, 2.75) is 26.7 Å². The van der Waals surface area contributed by atoms with Crippen molar-refractivity contribution in [1.29, 1.82) is 0 Å². The van der Waals surface area contributed by atoms with Gasteiger partial charge in [0.1, 0.15) is 5.82 Å². The molecule has 0 aliphatic carbocycles. The van der Waals surface area contributed by atoms with Gasteiger partial charge in [-0.25, -0.2) is 4.98 Å². The van der Waals surface area contributed by atoms with E-state index in [9.17, 15) is 4.79 Å². The molecule has 0 unspecified atom stereocenters. The topological polar surface area (TPSA) is 78.9 Å². The van der Waals surface area contributed by atoms with Crippen molar-refractivity contribution in [3.8, 4) is 33.9 Å². The lowest BCUT2D eigenvalue weighted by Crippen LogP contribution is -2.01. The number of hydrogen-bond donors (Lipinski definition) is 2. The Hall–Kier alpha value is -3.44. The summed E-state index contributed by atoms with van der Waals surface area (Å²) in [6, 6.07) is 15.5. The van der Waals surface area contributed by atoms with Gasteiger partial charge < -0.3 is 10.1 Å². The number of hydrogen-bond acceptors (Lipinski definition) is 3. The molecule has 2 heterocycles. The quantitative estimate of drug-likeness (QED) is 0.387. The Bertz CT molecular complexity index is 1230. The van der Waals surface area contributed by atoms with Crippen LogP contribution in [0, 0.1) is 13.8 Å². The van der Waals surface area contributed by atoms with E-state index < -0.39 is 5.97 Å². The zero-order valence-corrected chi connectivity index (χ0v) is 18.1. The molecule has 0 saturated heterocycles. The van der Waals surface area contributed by atoms with Crippen LogP contribution in [0.4, 0.5) is 0 Å². The van der Waals surface area contributed by atoms with Gasteiger partial charge in [0.25, 0.3) is 0 Å². The first-order chi connectivity index (χ1) is 14.9. The van der Waals surface area contributed by atoms with E-state index in [-0.39, 0.29) is 6.42 Å². The molecule has 5 nitrogen and oxygen atoms in total. The van der Waals surface area contributed by atoms with E-state index in [1.165, 1.54) is 0 Å². The summed E-state index contributed by atoms with van der Waals surface area (Å²) in [6.45, 7) is 4.07. The maximum Gasteiger partial charge on any atom is 0.303 e. The normalized spacial score (nSPS) is 10.9. The smallest absolute Gasteiger partial charge is 0.303 e. The Morgan fingerprint density at radius 3 is 2.39 bits per heavy atom. The van der Waals surface area contributed by atoms with E-state index in [4.69, 9.17) is 21.7 Å². The molecule has 2 N–H and O–H groups in total. The number of nitrogens with one attached hydrogen (secondary N) is 1. The number of aliphatic carboxylic acids is 1. The minimum atomic E-state index is -0.801. The molecular weight excluding hydrogens is 410 g/mol. The van der Waals surface area contributed by atoms with Crippen molar-refractivity contribution in [2.24, 2.45) is 0 Å². The highest BCUT2D eigenvalue weighted by molar-refractivity contribution is 6.30. The number of imidazole rings is 1. The van der Waals surface area contributed by atoms with Crippen molar-refractivity contribution in [2.75, 3.05) is 0 Å². The van der Waals surface area contributed by atoms with Crippen LogP contribution in [0.5, 0.6) is 0 Å². The van der Waals surface area contributed by atoms with Crippen LogP contribution >= 0.6 is 11.6 Å². The molecule has 156 valence electrons. The standard InChI is InChI=1S/C25H22ClN3O2/c1-15-3-4-17(7-10-21(30)31)16(2)22(15)25-28-23(18-5-8-20(26)9-6-18)24(29-25)19-11-13-27-14-12-19/h3-6,8-9,11-14H,7,10H2,1-2H3,(H,28,29)(H,30,31). The van der Waals surface area contributed by atoms with E-state index in [0.717, 1.165) is 50.6 Å². The van der Waals surface area contributed by atoms with Crippen molar-refractivity contribution < 1.29 is 9.90 Å². The second-order valence-electron chi connectivity index (χ2n) is 7.49. The fourth-order valence-corrected chi connectivity index (χ4v) is 3.93. The van der Waals surface area contributed by atoms with Gasteiger partial charge in [-0.3, -0.25) is 9.78 Å². The van der Waals surface area contributed by atoms with Gasteiger partial charge >= 0.3 is 5.97 Å². The van der Waals surface area contributed by atoms with Crippen LogP contribution in [0.3, 0.4) is 0 Å². The number of rotatable bonds is 6. The molecule has 0 amide bonds. The van der Waals surface area contributed by atoms with Gasteiger partial charge in [0.05, 0.1) is 11.4 Å². The van der Waals surface area contributed by atoms with Crippen molar-refractivity contribution in [3.05, 3.63) is 82.6 Å². The molecule has 0 aliphatic rings. The van der Waals surface area contributed by atoms with Crippen LogP contribution in [0.15, 0.2) is 60.9 Å². The summed E-state index contributed by atoms with van der Waals surface area (Å²) >= 11 is 6.09. The van der Waals surface area contributed by atoms with Crippen molar-refractivity contribution in [3.63, 3.8) is 0 Å². The summed E-state index contributed by atoms with van der Waals surface area (Å²) < 4.78 is 0. The average molecular weight is 432 g/mol. The molecule has 0 bridgehead atoms. The molecule has 2 aromatic heterocycles. The van der Waals surface area contributed by atoms with Gasteiger partial charge in [0.2, 0.25) is 0 Å². The van der Waals surface area contributed by atoms with Crippen LogP contribution in [-0.4, -0.2) is 26.0 Å². The lowest BCUT2D eigenvalue weighted by atomic mass is 9.94. The number of aromatic nitrogens is 3. The number of pyridine rings is 1. The summed E-state index contributed by atoms with van der Waals surface area (Å²) in [5.41, 5.74) is 7.79. The van der Waals surface area contributed by atoms with Crippen LogP contribution in [0.25, 0.3) is 33.9 Å². The Morgan fingerprint density at radius 2 is 1.71 bits per heavy atom. The molecular formula is C25H22ClN3O2. The first kappa shape index (κ1) is 20.8. The summed E-state index contributed by atoms with van der Waals surface area (Å²) in [4.78, 5) is 23.7. The fraction of sp³-hybridized carbons (Fsp3) is 0.160. The SMILES string of the molecule is Cc1ccc(CCC(=O)O)c(C)c1-c1nc(-c2ccc(Cl)cc2)c(-c2ccncc2)[nH]1. The Labute approximate surface area is 185 Å². The molecule has 4 rings (SSSR count).